The molecule has 0 bridgehead atoms. The van der Waals surface area contributed by atoms with Gasteiger partial charge in [0.25, 0.3) is 0 Å². The minimum Gasteiger partial charge on any atom is -0.456 e. The lowest BCUT2D eigenvalue weighted by atomic mass is 10.0. The largest absolute Gasteiger partial charge is 0.456 e. The van der Waals surface area contributed by atoms with E-state index in [1.807, 2.05) is 23.9 Å². The van der Waals surface area contributed by atoms with Crippen molar-refractivity contribution in [3.8, 4) is 16.8 Å². The van der Waals surface area contributed by atoms with E-state index >= 15 is 0 Å². The summed E-state index contributed by atoms with van der Waals surface area (Å²) in [7, 11) is 0. The van der Waals surface area contributed by atoms with Crippen molar-refractivity contribution in [1.82, 2.24) is 4.57 Å². The lowest BCUT2D eigenvalue weighted by Gasteiger charge is -2.33. The highest BCUT2D eigenvalue weighted by atomic mass is 32.2. The summed E-state index contributed by atoms with van der Waals surface area (Å²) in [4.78, 5) is 4.91. The van der Waals surface area contributed by atoms with Crippen molar-refractivity contribution in [2.45, 2.75) is 9.79 Å². The molecule has 4 heteroatoms. The molecular weight excluding hydrogens is 629 g/mol. The number of anilines is 3. The van der Waals surface area contributed by atoms with Crippen LogP contribution in [0.1, 0.15) is 0 Å². The van der Waals surface area contributed by atoms with Gasteiger partial charge in [0.2, 0.25) is 0 Å². The normalized spacial score (nSPS) is 12.7. The zero-order valence-electron chi connectivity index (χ0n) is 26.9. The molecule has 3 nitrogen and oxygen atoms in total. The Morgan fingerprint density at radius 1 is 0.400 bits per heavy atom. The second kappa shape index (κ2) is 10.6. The third-order valence-electron chi connectivity index (χ3n) is 10.1. The Balaban J connectivity index is 1.05. The van der Waals surface area contributed by atoms with Crippen LogP contribution in [0, 0.1) is 0 Å². The van der Waals surface area contributed by atoms with Crippen LogP contribution >= 0.6 is 11.8 Å². The van der Waals surface area contributed by atoms with Crippen molar-refractivity contribution in [2.75, 3.05) is 4.90 Å². The third kappa shape index (κ3) is 4.12. The van der Waals surface area contributed by atoms with Crippen LogP contribution in [0.15, 0.2) is 184 Å². The lowest BCUT2D eigenvalue weighted by molar-refractivity contribution is 0.669. The van der Waals surface area contributed by atoms with Gasteiger partial charge in [0.05, 0.1) is 22.4 Å². The molecule has 1 aliphatic heterocycles. The molecule has 11 rings (SSSR count). The molecule has 2 aromatic heterocycles. The average Bonchev–Trinajstić information content (AvgIpc) is 3.71. The standard InChI is InChI=1S/C46H28N2OS/c1-2-10-30-25-33(20-17-29(30)9-1)48-41-14-6-8-16-45(41)50-46-27-32(19-23-42(46)48)31-18-22-40-37(26-31)35-11-3-5-13-39(35)47(40)34-21-24-44-38(28-34)36-12-4-7-15-43(36)49-44/h1-28H. The van der Waals surface area contributed by atoms with Gasteiger partial charge in [-0.15, -0.1) is 0 Å². The maximum Gasteiger partial charge on any atom is 0.135 e. The van der Waals surface area contributed by atoms with Crippen LogP contribution in [0.5, 0.6) is 0 Å². The van der Waals surface area contributed by atoms with Crippen LogP contribution in [-0.4, -0.2) is 4.57 Å². The quantitative estimate of drug-likeness (QED) is 0.189. The van der Waals surface area contributed by atoms with Crippen molar-refractivity contribution in [3.05, 3.63) is 170 Å². The SMILES string of the molecule is c1ccc2c(c1)Sc1cc(-c3ccc4c(c3)c3ccccc3n4-c3ccc4oc5ccccc5c4c3)ccc1N2c1ccc2ccccc2c1. The Morgan fingerprint density at radius 2 is 1.10 bits per heavy atom. The first kappa shape index (κ1) is 27.7. The predicted molar refractivity (Wildman–Crippen MR) is 210 cm³/mol. The Bertz CT molecular complexity index is 2990. The van der Waals surface area contributed by atoms with Crippen LogP contribution in [-0.2, 0) is 0 Å². The summed E-state index contributed by atoms with van der Waals surface area (Å²) in [6.45, 7) is 0. The average molecular weight is 657 g/mol. The van der Waals surface area contributed by atoms with E-state index in [9.17, 15) is 0 Å². The maximum absolute atomic E-state index is 6.16. The molecule has 0 saturated carbocycles. The first-order valence-electron chi connectivity index (χ1n) is 16.9. The van der Waals surface area contributed by atoms with Crippen molar-refractivity contribution < 1.29 is 4.42 Å². The van der Waals surface area contributed by atoms with Gasteiger partial charge in [-0.05, 0) is 101 Å². The van der Waals surface area contributed by atoms with Gasteiger partial charge in [-0.1, -0.05) is 103 Å². The van der Waals surface area contributed by atoms with Gasteiger partial charge in [-0.3, -0.25) is 0 Å². The monoisotopic (exact) mass is 656 g/mol. The molecule has 0 N–H and O–H groups in total. The molecule has 234 valence electrons. The smallest absolute Gasteiger partial charge is 0.135 e. The molecule has 0 saturated heterocycles. The van der Waals surface area contributed by atoms with Gasteiger partial charge in [0, 0.05) is 42.7 Å². The Kier molecular flexibility index (Phi) is 5.89. The van der Waals surface area contributed by atoms with Crippen molar-refractivity contribution in [2.24, 2.45) is 0 Å². The molecule has 50 heavy (non-hydrogen) atoms. The van der Waals surface area contributed by atoms with Crippen molar-refractivity contribution in [3.63, 3.8) is 0 Å². The summed E-state index contributed by atoms with van der Waals surface area (Å²) in [5.74, 6) is 0. The molecule has 3 heterocycles. The van der Waals surface area contributed by atoms with Gasteiger partial charge in [-0.25, -0.2) is 0 Å². The maximum atomic E-state index is 6.16. The first-order chi connectivity index (χ1) is 24.8. The fraction of sp³-hybridized carbons (Fsp3) is 0. The number of fused-ring (bicyclic) bond motifs is 9. The molecule has 0 atom stereocenters. The fourth-order valence-corrected chi connectivity index (χ4v) is 8.91. The summed E-state index contributed by atoms with van der Waals surface area (Å²) in [5, 5.41) is 7.24. The topological polar surface area (TPSA) is 21.3 Å². The van der Waals surface area contributed by atoms with E-state index in [0.29, 0.717) is 0 Å². The van der Waals surface area contributed by atoms with E-state index in [0.717, 1.165) is 27.6 Å². The zero-order chi connectivity index (χ0) is 32.8. The molecule has 0 aliphatic carbocycles. The zero-order valence-corrected chi connectivity index (χ0v) is 27.7. The van der Waals surface area contributed by atoms with Crippen LogP contribution in [0.2, 0.25) is 0 Å². The van der Waals surface area contributed by atoms with E-state index in [1.54, 1.807) is 0 Å². The summed E-state index contributed by atoms with van der Waals surface area (Å²) in [5.41, 5.74) is 11.3. The van der Waals surface area contributed by atoms with E-state index in [4.69, 9.17) is 4.42 Å². The molecule has 10 aromatic rings. The molecule has 0 spiro atoms. The number of furan rings is 1. The van der Waals surface area contributed by atoms with Crippen molar-refractivity contribution >= 4 is 83.3 Å². The fourth-order valence-electron chi connectivity index (χ4n) is 7.81. The number of para-hydroxylation sites is 3. The van der Waals surface area contributed by atoms with E-state index in [-0.39, 0.29) is 0 Å². The molecule has 0 radical (unpaired) electrons. The Morgan fingerprint density at radius 3 is 2.06 bits per heavy atom. The molecule has 0 unspecified atom stereocenters. The second-order valence-electron chi connectivity index (χ2n) is 13.0. The molecule has 0 amide bonds. The first-order valence-corrected chi connectivity index (χ1v) is 17.7. The minimum atomic E-state index is 0.907. The van der Waals surface area contributed by atoms with Gasteiger partial charge in [-0.2, -0.15) is 0 Å². The number of hydrogen-bond acceptors (Lipinski definition) is 3. The Hall–Kier alpha value is -6.23. The number of benzene rings is 8. The van der Waals surface area contributed by atoms with Crippen molar-refractivity contribution in [1.29, 1.82) is 0 Å². The van der Waals surface area contributed by atoms with Gasteiger partial charge >= 0.3 is 0 Å². The van der Waals surface area contributed by atoms with Crippen LogP contribution < -0.4 is 4.90 Å². The number of aromatic nitrogens is 1. The number of nitrogens with zero attached hydrogens (tertiary/aromatic N) is 2. The second-order valence-corrected chi connectivity index (χ2v) is 14.1. The highest BCUT2D eigenvalue weighted by molar-refractivity contribution is 7.99. The molecule has 0 fully saturated rings. The lowest BCUT2D eigenvalue weighted by Crippen LogP contribution is -2.14. The van der Waals surface area contributed by atoms with Crippen LogP contribution in [0.3, 0.4) is 0 Å². The third-order valence-corrected chi connectivity index (χ3v) is 11.3. The highest BCUT2D eigenvalue weighted by Gasteiger charge is 2.25. The van der Waals surface area contributed by atoms with E-state index < -0.39 is 0 Å². The van der Waals surface area contributed by atoms with Gasteiger partial charge in [0.15, 0.2) is 0 Å². The van der Waals surface area contributed by atoms with Gasteiger partial charge < -0.3 is 13.9 Å². The summed E-state index contributed by atoms with van der Waals surface area (Å²) >= 11 is 1.85. The number of hydrogen-bond donors (Lipinski definition) is 0. The summed E-state index contributed by atoms with van der Waals surface area (Å²) in [6.07, 6.45) is 0. The molecule has 1 aliphatic rings. The number of rotatable bonds is 3. The minimum absolute atomic E-state index is 0.907. The van der Waals surface area contributed by atoms with Crippen LogP contribution in [0.4, 0.5) is 17.1 Å². The van der Waals surface area contributed by atoms with E-state index in [2.05, 4.69) is 167 Å². The molecule has 8 aromatic carbocycles. The summed E-state index contributed by atoms with van der Waals surface area (Å²) in [6, 6.07) is 61.5. The highest BCUT2D eigenvalue weighted by Crippen LogP contribution is 2.52. The Labute approximate surface area is 292 Å². The predicted octanol–water partition coefficient (Wildman–Crippen LogP) is 13.4. The molecular formula is C46H28N2OS. The van der Waals surface area contributed by atoms with Crippen LogP contribution in [0.25, 0.3) is 71.3 Å². The summed E-state index contributed by atoms with van der Waals surface area (Å²) < 4.78 is 8.54. The van der Waals surface area contributed by atoms with E-state index in [1.165, 1.54) is 70.6 Å². The van der Waals surface area contributed by atoms with Gasteiger partial charge in [0.1, 0.15) is 11.2 Å².